The van der Waals surface area contributed by atoms with Gasteiger partial charge in [0.2, 0.25) is 5.91 Å². The van der Waals surface area contributed by atoms with Crippen LogP contribution in [0.5, 0.6) is 5.75 Å². The van der Waals surface area contributed by atoms with Crippen LogP contribution in [0.2, 0.25) is 0 Å². The van der Waals surface area contributed by atoms with Crippen LogP contribution in [0.25, 0.3) is 0 Å². The number of alkyl carbamates (subject to hydrolysis) is 1. The standard InChI is InChI=1S/C23H28N2O6/c1-23(2,3)31-18-11-9-16(10-12-18)13-19(21(28)24-14-20(26)27)25-22(29)30-15-17-7-5-4-6-8-17/h4-12,19H,13-15H2,1-3H3,(H,24,28)(H,25,29)(H,26,27)/t19-/m0/s1. The molecule has 8 nitrogen and oxygen atoms in total. The molecule has 0 spiro atoms. The highest BCUT2D eigenvalue weighted by atomic mass is 16.5. The predicted octanol–water partition coefficient (Wildman–Crippen LogP) is 2.90. The minimum Gasteiger partial charge on any atom is -0.488 e. The van der Waals surface area contributed by atoms with Gasteiger partial charge in [-0.25, -0.2) is 4.79 Å². The van der Waals surface area contributed by atoms with Crippen molar-refractivity contribution >= 4 is 18.0 Å². The summed E-state index contributed by atoms with van der Waals surface area (Å²) in [5.74, 6) is -1.12. The van der Waals surface area contributed by atoms with E-state index in [1.165, 1.54) is 0 Å². The van der Waals surface area contributed by atoms with Crippen molar-refractivity contribution in [2.24, 2.45) is 0 Å². The number of aliphatic carboxylic acids is 1. The van der Waals surface area contributed by atoms with Gasteiger partial charge in [0, 0.05) is 6.42 Å². The fourth-order valence-electron chi connectivity index (χ4n) is 2.69. The highest BCUT2D eigenvalue weighted by Gasteiger charge is 2.23. The van der Waals surface area contributed by atoms with Gasteiger partial charge in [0.15, 0.2) is 0 Å². The number of rotatable bonds is 9. The number of benzene rings is 2. The topological polar surface area (TPSA) is 114 Å². The average molecular weight is 428 g/mol. The van der Waals surface area contributed by atoms with Crippen molar-refractivity contribution in [1.29, 1.82) is 0 Å². The summed E-state index contributed by atoms with van der Waals surface area (Å²) in [6.07, 6.45) is -0.617. The van der Waals surface area contributed by atoms with Crippen molar-refractivity contribution < 1.29 is 29.0 Å². The van der Waals surface area contributed by atoms with Crippen molar-refractivity contribution in [3.8, 4) is 5.75 Å². The number of carbonyl (C=O) groups is 3. The molecule has 0 aromatic heterocycles. The Bertz CT molecular complexity index is 875. The molecule has 0 heterocycles. The van der Waals surface area contributed by atoms with E-state index >= 15 is 0 Å². The summed E-state index contributed by atoms with van der Waals surface area (Å²) in [4.78, 5) is 35.4. The van der Waals surface area contributed by atoms with Crippen molar-refractivity contribution in [2.45, 2.75) is 45.4 Å². The zero-order valence-corrected chi connectivity index (χ0v) is 17.9. The Balaban J connectivity index is 2.02. The van der Waals surface area contributed by atoms with Crippen molar-refractivity contribution in [3.05, 3.63) is 65.7 Å². The summed E-state index contributed by atoms with van der Waals surface area (Å²) < 4.78 is 11.0. The summed E-state index contributed by atoms with van der Waals surface area (Å²) in [7, 11) is 0. The maximum absolute atomic E-state index is 12.4. The van der Waals surface area contributed by atoms with Crippen LogP contribution in [0.4, 0.5) is 4.79 Å². The van der Waals surface area contributed by atoms with E-state index in [9.17, 15) is 14.4 Å². The van der Waals surface area contributed by atoms with Gasteiger partial charge >= 0.3 is 12.1 Å². The molecule has 166 valence electrons. The first-order valence-electron chi connectivity index (χ1n) is 9.87. The lowest BCUT2D eigenvalue weighted by molar-refractivity contribution is -0.138. The fraction of sp³-hybridized carbons (Fsp3) is 0.348. The second-order valence-electron chi connectivity index (χ2n) is 7.93. The van der Waals surface area contributed by atoms with Gasteiger partial charge < -0.3 is 25.2 Å². The molecule has 0 bridgehead atoms. The van der Waals surface area contributed by atoms with E-state index in [-0.39, 0.29) is 18.6 Å². The number of hydrogen-bond donors (Lipinski definition) is 3. The Morgan fingerprint density at radius 1 is 0.968 bits per heavy atom. The second-order valence-corrected chi connectivity index (χ2v) is 7.93. The maximum Gasteiger partial charge on any atom is 0.408 e. The number of ether oxygens (including phenoxy) is 2. The van der Waals surface area contributed by atoms with Crippen LogP contribution in [0, 0.1) is 0 Å². The first kappa shape index (κ1) is 23.7. The Morgan fingerprint density at radius 3 is 2.19 bits per heavy atom. The molecule has 0 fully saturated rings. The normalized spacial score (nSPS) is 11.8. The molecule has 0 aliphatic rings. The van der Waals surface area contributed by atoms with Gasteiger partial charge in [-0.15, -0.1) is 0 Å². The van der Waals surface area contributed by atoms with E-state index in [1.807, 2.05) is 51.1 Å². The van der Waals surface area contributed by atoms with Gasteiger partial charge in [0.05, 0.1) is 0 Å². The van der Waals surface area contributed by atoms with Gasteiger partial charge in [0.25, 0.3) is 0 Å². The number of carbonyl (C=O) groups excluding carboxylic acids is 2. The van der Waals surface area contributed by atoms with Crippen LogP contribution < -0.4 is 15.4 Å². The summed E-state index contributed by atoms with van der Waals surface area (Å²) >= 11 is 0. The number of carboxylic acid groups (broad SMARTS) is 1. The van der Waals surface area contributed by atoms with E-state index in [0.717, 1.165) is 11.1 Å². The molecular weight excluding hydrogens is 400 g/mol. The summed E-state index contributed by atoms with van der Waals surface area (Å²) in [6.45, 7) is 5.32. The molecule has 1 atom stereocenters. The maximum atomic E-state index is 12.4. The Labute approximate surface area is 181 Å². The zero-order chi connectivity index (χ0) is 22.9. The van der Waals surface area contributed by atoms with Crippen LogP contribution in [0.15, 0.2) is 54.6 Å². The van der Waals surface area contributed by atoms with Gasteiger partial charge in [-0.1, -0.05) is 42.5 Å². The Hall–Kier alpha value is -3.55. The van der Waals surface area contributed by atoms with Crippen molar-refractivity contribution in [3.63, 3.8) is 0 Å². The van der Waals surface area contributed by atoms with Crippen LogP contribution in [0.1, 0.15) is 31.9 Å². The molecule has 2 amide bonds. The first-order chi connectivity index (χ1) is 14.6. The van der Waals surface area contributed by atoms with E-state index < -0.39 is 30.6 Å². The third-order valence-electron chi connectivity index (χ3n) is 4.02. The summed E-state index contributed by atoms with van der Waals surface area (Å²) in [6, 6.07) is 15.3. The molecule has 2 aromatic rings. The monoisotopic (exact) mass is 428 g/mol. The number of hydrogen-bond acceptors (Lipinski definition) is 5. The molecule has 0 saturated heterocycles. The number of amides is 2. The zero-order valence-electron chi connectivity index (χ0n) is 17.9. The van der Waals surface area contributed by atoms with E-state index in [2.05, 4.69) is 10.6 Å². The molecule has 0 aliphatic heterocycles. The number of carboxylic acids is 1. The summed E-state index contributed by atoms with van der Waals surface area (Å²) in [5.41, 5.74) is 1.23. The SMILES string of the molecule is CC(C)(C)Oc1ccc(C[C@H](NC(=O)OCc2ccccc2)C(=O)NCC(=O)O)cc1. The Kier molecular flexibility index (Phi) is 8.43. The second kappa shape index (κ2) is 11.0. The fourth-order valence-corrected chi connectivity index (χ4v) is 2.69. The van der Waals surface area contributed by atoms with Crippen LogP contribution in [0.3, 0.4) is 0 Å². The van der Waals surface area contributed by atoms with Gasteiger partial charge in [0.1, 0.15) is 30.5 Å². The molecule has 8 heteroatoms. The molecule has 2 rings (SSSR count). The molecule has 31 heavy (non-hydrogen) atoms. The van der Waals surface area contributed by atoms with E-state index in [1.54, 1.807) is 24.3 Å². The molecule has 0 unspecified atom stereocenters. The average Bonchev–Trinajstić information content (AvgIpc) is 2.71. The van der Waals surface area contributed by atoms with E-state index in [4.69, 9.17) is 14.6 Å². The van der Waals surface area contributed by atoms with Crippen molar-refractivity contribution in [1.82, 2.24) is 10.6 Å². The van der Waals surface area contributed by atoms with Crippen LogP contribution >= 0.6 is 0 Å². The lowest BCUT2D eigenvalue weighted by Gasteiger charge is -2.22. The third-order valence-corrected chi connectivity index (χ3v) is 4.02. The molecular formula is C23H28N2O6. The largest absolute Gasteiger partial charge is 0.488 e. The molecule has 3 N–H and O–H groups in total. The Morgan fingerprint density at radius 2 is 1.61 bits per heavy atom. The number of nitrogens with one attached hydrogen (secondary N) is 2. The van der Waals surface area contributed by atoms with Crippen LogP contribution in [-0.4, -0.2) is 41.3 Å². The van der Waals surface area contributed by atoms with Crippen LogP contribution in [-0.2, 0) is 27.4 Å². The lowest BCUT2D eigenvalue weighted by Crippen LogP contribution is -2.49. The highest BCUT2D eigenvalue weighted by molar-refractivity contribution is 5.88. The van der Waals surface area contributed by atoms with Gasteiger partial charge in [-0.2, -0.15) is 0 Å². The van der Waals surface area contributed by atoms with Gasteiger partial charge in [-0.05, 0) is 44.0 Å². The smallest absolute Gasteiger partial charge is 0.408 e. The molecule has 0 saturated carbocycles. The minimum atomic E-state index is -1.18. The molecule has 0 radical (unpaired) electrons. The predicted molar refractivity (Wildman–Crippen MR) is 115 cm³/mol. The third kappa shape index (κ3) is 9.20. The quantitative estimate of drug-likeness (QED) is 0.566. The minimum absolute atomic E-state index is 0.0506. The highest BCUT2D eigenvalue weighted by Crippen LogP contribution is 2.19. The lowest BCUT2D eigenvalue weighted by atomic mass is 10.0. The molecule has 2 aromatic carbocycles. The van der Waals surface area contributed by atoms with E-state index in [0.29, 0.717) is 5.75 Å². The molecule has 0 aliphatic carbocycles. The van der Waals surface area contributed by atoms with Gasteiger partial charge in [-0.3, -0.25) is 9.59 Å². The van der Waals surface area contributed by atoms with Crippen molar-refractivity contribution in [2.75, 3.05) is 6.54 Å². The summed E-state index contributed by atoms with van der Waals surface area (Å²) in [5, 5.41) is 13.6. The first-order valence-corrected chi connectivity index (χ1v) is 9.87.